The average Bonchev–Trinajstić information content (AvgIpc) is 2.43. The molecule has 0 unspecified atom stereocenters. The van der Waals surface area contributed by atoms with Gasteiger partial charge in [-0.2, -0.15) is 16.8 Å². The highest BCUT2D eigenvalue weighted by Crippen LogP contribution is 2.38. The zero-order valence-corrected chi connectivity index (χ0v) is 14.5. The van der Waals surface area contributed by atoms with Crippen molar-refractivity contribution in [1.29, 1.82) is 0 Å². The molecule has 0 spiro atoms. The van der Waals surface area contributed by atoms with Gasteiger partial charge in [0.05, 0.1) is 0 Å². The SMILES string of the molecule is O=S(=O)(O)c1c(Br)cc2c(ccc3ccccc32)c1S(=O)(=O)O. The van der Waals surface area contributed by atoms with E-state index in [-0.39, 0.29) is 9.86 Å². The molecule has 2 N–H and O–H groups in total. The van der Waals surface area contributed by atoms with Gasteiger partial charge in [0.15, 0.2) is 0 Å². The highest BCUT2D eigenvalue weighted by atomic mass is 79.9. The van der Waals surface area contributed by atoms with Gasteiger partial charge in [0.1, 0.15) is 9.79 Å². The molecule has 0 radical (unpaired) electrons. The van der Waals surface area contributed by atoms with Crippen molar-refractivity contribution in [2.75, 3.05) is 0 Å². The van der Waals surface area contributed by atoms with E-state index in [2.05, 4.69) is 15.9 Å². The molecule has 0 aromatic heterocycles. The number of hydrogen-bond acceptors (Lipinski definition) is 4. The van der Waals surface area contributed by atoms with Crippen LogP contribution < -0.4 is 0 Å². The van der Waals surface area contributed by atoms with Crippen LogP contribution in [0.4, 0.5) is 0 Å². The molecular formula is C14H9BrO6S2. The van der Waals surface area contributed by atoms with Crippen molar-refractivity contribution in [3.63, 3.8) is 0 Å². The van der Waals surface area contributed by atoms with Crippen LogP contribution in [0, 0.1) is 0 Å². The van der Waals surface area contributed by atoms with Gasteiger partial charge in [-0.15, -0.1) is 0 Å². The van der Waals surface area contributed by atoms with E-state index in [1.165, 1.54) is 12.1 Å². The number of rotatable bonds is 2. The van der Waals surface area contributed by atoms with E-state index < -0.39 is 30.0 Å². The van der Waals surface area contributed by atoms with Gasteiger partial charge < -0.3 is 0 Å². The summed E-state index contributed by atoms with van der Waals surface area (Å²) in [5, 5.41) is 1.92. The maximum atomic E-state index is 11.8. The van der Waals surface area contributed by atoms with Crippen LogP contribution in [0.3, 0.4) is 0 Å². The Labute approximate surface area is 140 Å². The molecule has 0 saturated carbocycles. The molecule has 0 saturated heterocycles. The number of fused-ring (bicyclic) bond motifs is 3. The molecule has 0 atom stereocenters. The fraction of sp³-hybridized carbons (Fsp3) is 0. The highest BCUT2D eigenvalue weighted by Gasteiger charge is 2.29. The summed E-state index contributed by atoms with van der Waals surface area (Å²) in [6, 6.07) is 11.5. The number of halogens is 1. The van der Waals surface area contributed by atoms with E-state index in [1.807, 2.05) is 6.07 Å². The van der Waals surface area contributed by atoms with Crippen LogP contribution in [0.5, 0.6) is 0 Å². The van der Waals surface area contributed by atoms with Crippen molar-refractivity contribution in [2.24, 2.45) is 0 Å². The zero-order chi connectivity index (χ0) is 17.0. The van der Waals surface area contributed by atoms with E-state index in [9.17, 15) is 25.9 Å². The zero-order valence-electron chi connectivity index (χ0n) is 11.3. The summed E-state index contributed by atoms with van der Waals surface area (Å²) in [6.07, 6.45) is 0. The summed E-state index contributed by atoms with van der Waals surface area (Å²) in [4.78, 5) is -1.74. The molecule has 9 heteroatoms. The summed E-state index contributed by atoms with van der Waals surface area (Å²) in [7, 11) is -9.78. The van der Waals surface area contributed by atoms with Gasteiger partial charge in [-0.25, -0.2) is 0 Å². The lowest BCUT2D eigenvalue weighted by Gasteiger charge is -2.12. The summed E-state index contributed by atoms with van der Waals surface area (Å²) in [6.45, 7) is 0. The van der Waals surface area contributed by atoms with Gasteiger partial charge in [-0.3, -0.25) is 9.11 Å². The van der Waals surface area contributed by atoms with Crippen LogP contribution in [0.2, 0.25) is 0 Å². The second kappa shape index (κ2) is 5.25. The fourth-order valence-electron chi connectivity index (χ4n) is 2.57. The standard InChI is InChI=1S/C14H9BrO6S2/c15-12-7-11-9-4-2-1-3-8(9)5-6-10(11)13(22(16,17)18)14(12)23(19,20)21/h1-7H,(H,16,17,18)(H,19,20,21). The van der Waals surface area contributed by atoms with E-state index in [0.29, 0.717) is 10.8 Å². The Morgan fingerprint density at radius 2 is 1.35 bits per heavy atom. The first-order chi connectivity index (χ1) is 10.6. The van der Waals surface area contributed by atoms with Crippen molar-refractivity contribution in [3.05, 3.63) is 46.9 Å². The van der Waals surface area contributed by atoms with Crippen LogP contribution in [-0.2, 0) is 20.2 Å². The summed E-state index contributed by atoms with van der Waals surface area (Å²) in [5.41, 5.74) is 0. The van der Waals surface area contributed by atoms with Gasteiger partial charge in [0.2, 0.25) is 0 Å². The lowest BCUT2D eigenvalue weighted by atomic mass is 10.0. The Bertz CT molecular complexity index is 1170. The van der Waals surface area contributed by atoms with Crippen LogP contribution in [0.15, 0.2) is 56.7 Å². The van der Waals surface area contributed by atoms with Crippen molar-refractivity contribution in [1.82, 2.24) is 0 Å². The number of hydrogen-bond donors (Lipinski definition) is 2. The maximum Gasteiger partial charge on any atom is 0.297 e. The lowest BCUT2D eigenvalue weighted by molar-refractivity contribution is 0.467. The average molecular weight is 417 g/mol. The third-order valence-corrected chi connectivity index (χ3v) is 6.32. The molecule has 120 valence electrons. The predicted octanol–water partition coefficient (Wildman–Crippen LogP) is 3.25. The van der Waals surface area contributed by atoms with Crippen LogP contribution in [-0.4, -0.2) is 25.9 Å². The molecule has 0 amide bonds. The minimum atomic E-state index is -4.90. The highest BCUT2D eigenvalue weighted by molar-refractivity contribution is 9.10. The quantitative estimate of drug-likeness (QED) is 0.490. The van der Waals surface area contributed by atoms with Crippen LogP contribution >= 0.6 is 15.9 Å². The molecule has 3 aromatic rings. The minimum absolute atomic E-state index is 0.00188. The summed E-state index contributed by atoms with van der Waals surface area (Å²) < 4.78 is 65.4. The fourth-order valence-corrected chi connectivity index (χ4v) is 5.82. The smallest absolute Gasteiger partial charge is 0.282 e. The third-order valence-electron chi connectivity index (χ3n) is 3.43. The second-order valence-corrected chi connectivity index (χ2v) is 8.42. The van der Waals surface area contributed by atoms with E-state index in [1.54, 1.807) is 24.3 Å². The van der Waals surface area contributed by atoms with Crippen LogP contribution in [0.25, 0.3) is 21.5 Å². The van der Waals surface area contributed by atoms with Gasteiger partial charge in [0, 0.05) is 9.86 Å². The molecule has 23 heavy (non-hydrogen) atoms. The van der Waals surface area contributed by atoms with E-state index in [4.69, 9.17) is 0 Å². The van der Waals surface area contributed by atoms with E-state index in [0.717, 1.165) is 5.39 Å². The molecule has 3 aromatic carbocycles. The Kier molecular flexibility index (Phi) is 3.73. The van der Waals surface area contributed by atoms with Crippen molar-refractivity contribution >= 4 is 57.7 Å². The molecule has 0 heterocycles. The van der Waals surface area contributed by atoms with Crippen LogP contribution in [0.1, 0.15) is 0 Å². The van der Waals surface area contributed by atoms with Gasteiger partial charge in [-0.05, 0) is 38.2 Å². The Morgan fingerprint density at radius 1 is 0.739 bits per heavy atom. The predicted molar refractivity (Wildman–Crippen MR) is 88.8 cm³/mol. The van der Waals surface area contributed by atoms with Crippen molar-refractivity contribution in [2.45, 2.75) is 9.79 Å². The molecule has 6 nitrogen and oxygen atoms in total. The molecule has 3 rings (SSSR count). The Balaban J connectivity index is 2.69. The lowest BCUT2D eigenvalue weighted by Crippen LogP contribution is -2.10. The first kappa shape index (κ1) is 16.3. The molecular weight excluding hydrogens is 408 g/mol. The summed E-state index contributed by atoms with van der Waals surface area (Å²) >= 11 is 2.97. The molecule has 0 aliphatic carbocycles. The maximum absolute atomic E-state index is 11.8. The molecule has 0 fully saturated rings. The monoisotopic (exact) mass is 416 g/mol. The summed E-state index contributed by atoms with van der Waals surface area (Å²) in [5.74, 6) is 0. The van der Waals surface area contributed by atoms with Gasteiger partial charge in [0.25, 0.3) is 20.2 Å². The second-order valence-electron chi connectivity index (χ2n) is 4.85. The van der Waals surface area contributed by atoms with Crippen molar-refractivity contribution < 1.29 is 25.9 Å². The van der Waals surface area contributed by atoms with Crippen molar-refractivity contribution in [3.8, 4) is 0 Å². The first-order valence-electron chi connectivity index (χ1n) is 6.19. The topological polar surface area (TPSA) is 109 Å². The largest absolute Gasteiger partial charge is 0.297 e. The Morgan fingerprint density at radius 3 is 1.96 bits per heavy atom. The van der Waals surface area contributed by atoms with Gasteiger partial charge >= 0.3 is 0 Å². The molecule has 0 aliphatic heterocycles. The minimum Gasteiger partial charge on any atom is -0.282 e. The van der Waals surface area contributed by atoms with Gasteiger partial charge in [-0.1, -0.05) is 36.4 Å². The normalized spacial score (nSPS) is 12.8. The third kappa shape index (κ3) is 2.74. The Hall–Kier alpha value is -1.52. The first-order valence-corrected chi connectivity index (χ1v) is 9.87. The number of benzene rings is 3. The van der Waals surface area contributed by atoms with E-state index >= 15 is 0 Å². The molecule has 0 aliphatic rings. The molecule has 0 bridgehead atoms.